The minimum atomic E-state index is -3.01. The van der Waals surface area contributed by atoms with Crippen molar-refractivity contribution in [3.63, 3.8) is 0 Å². The molecule has 1 aliphatic heterocycles. The number of hydrogen-bond donors (Lipinski definition) is 1. The van der Waals surface area contributed by atoms with Gasteiger partial charge >= 0.3 is 0 Å². The van der Waals surface area contributed by atoms with Gasteiger partial charge in [0.15, 0.2) is 0 Å². The lowest BCUT2D eigenvalue weighted by atomic mass is 9.96. The van der Waals surface area contributed by atoms with Crippen LogP contribution in [0, 0.1) is 0 Å². The third-order valence-corrected chi connectivity index (χ3v) is 3.33. The summed E-state index contributed by atoms with van der Waals surface area (Å²) in [5.41, 5.74) is 1.10. The van der Waals surface area contributed by atoms with Crippen molar-refractivity contribution >= 4 is 11.6 Å². The molecule has 20 heavy (non-hydrogen) atoms. The largest absolute Gasteiger partial charge is 0.314 e. The Hall–Kier alpha value is -1.35. The first-order valence-electron chi connectivity index (χ1n) is 10.2. The second kappa shape index (κ2) is 6.40. The fraction of sp³-hybridized carbons (Fsp3) is 0.294. The highest BCUT2D eigenvalue weighted by molar-refractivity contribution is 6.30. The smallest absolute Gasteiger partial charge is 0.122 e. The molecule has 1 aliphatic rings. The molecule has 2 aromatic rings. The summed E-state index contributed by atoms with van der Waals surface area (Å²) in [5.74, 6) is 0. The second-order valence-electron chi connectivity index (χ2n) is 4.37. The van der Waals surface area contributed by atoms with E-state index in [2.05, 4.69) is 0 Å². The van der Waals surface area contributed by atoms with Crippen molar-refractivity contribution in [2.45, 2.75) is 6.04 Å². The van der Waals surface area contributed by atoms with Crippen LogP contribution in [-0.4, -0.2) is 30.9 Å². The monoisotopic (exact) mass is 294 g/mol. The van der Waals surface area contributed by atoms with Crippen LogP contribution in [0.1, 0.15) is 26.8 Å². The summed E-state index contributed by atoms with van der Waals surface area (Å²) >= 11 is 5.97. The number of hydrogen-bond acceptors (Lipinski definition) is 2. The molecule has 104 valence electrons. The highest BCUT2D eigenvalue weighted by Gasteiger charge is 2.23. The summed E-state index contributed by atoms with van der Waals surface area (Å²) < 4.78 is 65.5. The Morgan fingerprint density at radius 2 is 1.75 bits per heavy atom. The lowest BCUT2D eigenvalue weighted by Crippen LogP contribution is -2.45. The minimum Gasteiger partial charge on any atom is -0.314 e. The highest BCUT2D eigenvalue weighted by atomic mass is 35.5. The lowest BCUT2D eigenvalue weighted by Gasteiger charge is -2.35. The van der Waals surface area contributed by atoms with E-state index in [1.165, 1.54) is 0 Å². The molecular weight excluding hydrogens is 268 g/mol. The van der Waals surface area contributed by atoms with E-state index in [0.717, 1.165) is 4.90 Å². The van der Waals surface area contributed by atoms with Crippen molar-refractivity contribution in [1.29, 1.82) is 0 Å². The zero-order valence-corrected chi connectivity index (χ0v) is 11.4. The van der Waals surface area contributed by atoms with Gasteiger partial charge in [-0.3, -0.25) is 4.90 Å². The molecule has 1 N–H and O–H groups in total. The summed E-state index contributed by atoms with van der Waals surface area (Å²) in [4.78, 5) is 0.858. The molecular formula is C17H19ClN2. The van der Waals surface area contributed by atoms with E-state index in [-0.39, 0.29) is 5.31 Å². The first-order chi connectivity index (χ1) is 12.9. The van der Waals surface area contributed by atoms with Gasteiger partial charge in [-0.25, -0.2) is 0 Å². The van der Waals surface area contributed by atoms with Gasteiger partial charge in [0.25, 0.3) is 0 Å². The fourth-order valence-corrected chi connectivity index (χ4v) is 2.30. The van der Waals surface area contributed by atoms with Crippen LogP contribution in [0.4, 0.5) is 0 Å². The van der Waals surface area contributed by atoms with E-state index >= 15 is 0 Å². The molecule has 3 rings (SSSR count). The van der Waals surface area contributed by atoms with Crippen LogP contribution in [0.5, 0.6) is 0 Å². The normalized spacial score (nSPS) is 36.0. The molecule has 2 unspecified atom stereocenters. The van der Waals surface area contributed by atoms with E-state index in [1.807, 2.05) is 0 Å². The maximum Gasteiger partial charge on any atom is 0.122 e. The Morgan fingerprint density at radius 1 is 1.05 bits per heavy atom. The minimum absolute atomic E-state index is 0.0852. The Labute approximate surface area is 136 Å². The average Bonchev–Trinajstić information content (AvgIpc) is 2.65. The van der Waals surface area contributed by atoms with Gasteiger partial charge in [-0.1, -0.05) is 54.1 Å². The van der Waals surface area contributed by atoms with Crippen LogP contribution in [0.2, 0.25) is 6.43 Å². The molecule has 0 aromatic heterocycles. The predicted molar refractivity (Wildman–Crippen MR) is 84.2 cm³/mol. The van der Waals surface area contributed by atoms with Crippen molar-refractivity contribution in [2.75, 3.05) is 26.0 Å². The van der Waals surface area contributed by atoms with Gasteiger partial charge in [-0.2, -0.15) is 0 Å². The fourth-order valence-electron chi connectivity index (χ4n) is 2.17. The molecule has 2 aromatic carbocycles. The average molecular weight is 295 g/mol. The van der Waals surface area contributed by atoms with E-state index in [4.69, 9.17) is 22.6 Å². The van der Waals surface area contributed by atoms with Gasteiger partial charge in [0.1, 0.15) is 1.41 Å². The number of nitrogens with zero attached hydrogens (tertiary/aromatic N) is 1. The van der Waals surface area contributed by atoms with Gasteiger partial charge in [0, 0.05) is 40.6 Å². The molecule has 3 heteroatoms. The van der Waals surface area contributed by atoms with Crippen molar-refractivity contribution < 1.29 is 11.0 Å². The van der Waals surface area contributed by atoms with Gasteiger partial charge in [0.05, 0.1) is 6.04 Å². The third-order valence-electron chi connectivity index (χ3n) is 3.08. The molecule has 0 radical (unpaired) electrons. The summed E-state index contributed by atoms with van der Waals surface area (Å²) in [6, 6.07) is 14.2. The lowest BCUT2D eigenvalue weighted by molar-refractivity contribution is 0.198. The quantitative estimate of drug-likeness (QED) is 0.934. The second-order valence-corrected chi connectivity index (χ2v) is 4.80. The third kappa shape index (κ3) is 3.04. The Balaban J connectivity index is 2.24. The highest BCUT2D eigenvalue weighted by Crippen LogP contribution is 2.29. The molecule has 0 amide bonds. The molecule has 1 saturated heterocycles. The number of piperazine rings is 1. The topological polar surface area (TPSA) is 15.3 Å². The van der Waals surface area contributed by atoms with Crippen LogP contribution in [0.3, 0.4) is 0 Å². The summed E-state index contributed by atoms with van der Waals surface area (Å²) in [6.45, 7) is -10.5. The van der Waals surface area contributed by atoms with Gasteiger partial charge in [0.2, 0.25) is 0 Å². The van der Waals surface area contributed by atoms with Crippen molar-refractivity contribution in [2.24, 2.45) is 0 Å². The maximum atomic E-state index is 8.44. The van der Waals surface area contributed by atoms with E-state index in [0.29, 0.717) is 16.1 Å². The van der Waals surface area contributed by atoms with Crippen LogP contribution >= 0.6 is 11.6 Å². The van der Waals surface area contributed by atoms with Crippen LogP contribution in [-0.2, 0) is 0 Å². The number of nitrogens with one attached hydrogen (secondary N) is 1. The van der Waals surface area contributed by atoms with E-state index in [1.54, 1.807) is 54.6 Å². The molecule has 1 fully saturated rings. The van der Waals surface area contributed by atoms with Crippen LogP contribution in [0.25, 0.3) is 0 Å². The molecule has 1 heterocycles. The van der Waals surface area contributed by atoms with Crippen molar-refractivity contribution in [3.05, 3.63) is 70.7 Å². The molecule has 0 saturated carbocycles. The SMILES string of the molecule is [2H]C1N(C(c2ccccc2)c2ccc(Cl)cc2)C([2H])([2H])C([2H])([2H])N([2H])C1([2H])[2H]. The van der Waals surface area contributed by atoms with Gasteiger partial charge in [-0.05, 0) is 23.3 Å². The standard InChI is InChI=1S/C17H19ClN2/c18-16-8-6-15(7-9-16)17(14-4-2-1-3-5-14)20-12-10-19-11-13-20/h1-9,17,19H,10-13H2/i10D2,11D2,12D,13D2/hD. The van der Waals surface area contributed by atoms with Crippen LogP contribution < -0.4 is 5.31 Å². The Kier molecular flexibility index (Phi) is 2.27. The van der Waals surface area contributed by atoms with Gasteiger partial charge in [-0.15, -0.1) is 0 Å². The zero-order chi connectivity index (χ0) is 20.9. The summed E-state index contributed by atoms with van der Waals surface area (Å²) in [6.07, 6.45) is 0. The maximum absolute atomic E-state index is 8.44. The Bertz CT molecular complexity index is 831. The molecule has 0 spiro atoms. The van der Waals surface area contributed by atoms with Crippen LogP contribution in [0.15, 0.2) is 54.6 Å². The molecule has 2 nitrogen and oxygen atoms in total. The van der Waals surface area contributed by atoms with Crippen molar-refractivity contribution in [3.8, 4) is 0 Å². The summed E-state index contributed by atoms with van der Waals surface area (Å²) in [7, 11) is 0. The number of halogens is 1. The number of rotatable bonds is 3. The Morgan fingerprint density at radius 3 is 2.50 bits per heavy atom. The zero-order valence-electron chi connectivity index (χ0n) is 18.6. The predicted octanol–water partition coefficient (Wildman–Crippen LogP) is 3.33. The molecule has 2 atom stereocenters. The van der Waals surface area contributed by atoms with Gasteiger partial charge < -0.3 is 5.31 Å². The first-order valence-corrected chi connectivity index (χ1v) is 6.60. The van der Waals surface area contributed by atoms with E-state index < -0.39 is 32.1 Å². The van der Waals surface area contributed by atoms with Crippen molar-refractivity contribution in [1.82, 2.24) is 10.2 Å². The first kappa shape index (κ1) is 7.08. The van der Waals surface area contributed by atoms with E-state index in [9.17, 15) is 0 Å². The summed E-state index contributed by atoms with van der Waals surface area (Å²) in [5, 5.41) is 0.376. The molecule has 0 aliphatic carbocycles. The number of benzene rings is 2. The molecule has 0 bridgehead atoms.